The van der Waals surface area contributed by atoms with Crippen molar-refractivity contribution in [2.24, 2.45) is 0 Å². The van der Waals surface area contributed by atoms with Crippen molar-refractivity contribution < 1.29 is 9.84 Å². The molecule has 2 aromatic carbocycles. The average molecular weight is 387 g/mol. The van der Waals surface area contributed by atoms with Crippen LogP contribution in [0.2, 0.25) is 0 Å². The highest BCUT2D eigenvalue weighted by molar-refractivity contribution is 5.85. The van der Waals surface area contributed by atoms with Crippen molar-refractivity contribution in [1.82, 2.24) is 10.6 Å². The molecule has 140 valence electrons. The van der Waals surface area contributed by atoms with Gasteiger partial charge in [-0.2, -0.15) is 0 Å². The minimum absolute atomic E-state index is 0. The van der Waals surface area contributed by atoms with Crippen molar-refractivity contribution >= 4 is 24.8 Å². The summed E-state index contributed by atoms with van der Waals surface area (Å²) in [6, 6.07) is 16.6. The van der Waals surface area contributed by atoms with Crippen LogP contribution in [0.1, 0.15) is 16.7 Å². The van der Waals surface area contributed by atoms with Crippen LogP contribution in [-0.4, -0.2) is 31.3 Å². The van der Waals surface area contributed by atoms with Crippen molar-refractivity contribution in [1.29, 1.82) is 0 Å². The molecule has 25 heavy (non-hydrogen) atoms. The second kappa shape index (κ2) is 13.9. The Balaban J connectivity index is 0.00000288. The summed E-state index contributed by atoms with van der Waals surface area (Å²) in [4.78, 5) is 0. The Morgan fingerprint density at radius 2 is 1.40 bits per heavy atom. The van der Waals surface area contributed by atoms with E-state index < -0.39 is 0 Å². The van der Waals surface area contributed by atoms with E-state index >= 15 is 0 Å². The molecule has 0 aliphatic heterocycles. The maximum atomic E-state index is 8.66. The molecule has 0 radical (unpaired) electrons. The lowest BCUT2D eigenvalue weighted by Crippen LogP contribution is -2.28. The Morgan fingerprint density at radius 3 is 2.04 bits per heavy atom. The monoisotopic (exact) mass is 386 g/mol. The van der Waals surface area contributed by atoms with E-state index in [1.54, 1.807) is 0 Å². The number of ether oxygens (including phenoxy) is 1. The predicted molar refractivity (Wildman–Crippen MR) is 108 cm³/mol. The number of halogens is 2. The number of nitrogens with one attached hydrogen (secondary N) is 2. The fourth-order valence-electron chi connectivity index (χ4n) is 2.17. The van der Waals surface area contributed by atoms with E-state index in [9.17, 15) is 0 Å². The number of aliphatic hydroxyl groups excluding tert-OH is 1. The van der Waals surface area contributed by atoms with Gasteiger partial charge in [0, 0.05) is 26.2 Å². The molecule has 0 aromatic heterocycles. The summed E-state index contributed by atoms with van der Waals surface area (Å²) in [5, 5.41) is 15.2. The number of benzene rings is 2. The lowest BCUT2D eigenvalue weighted by atomic mass is 10.2. The summed E-state index contributed by atoms with van der Waals surface area (Å²) in [5.74, 6) is 0.888. The predicted octanol–water partition coefficient (Wildman–Crippen LogP) is 3.09. The Labute approximate surface area is 162 Å². The highest BCUT2D eigenvalue weighted by atomic mass is 35.5. The van der Waals surface area contributed by atoms with Gasteiger partial charge in [0.2, 0.25) is 0 Å². The maximum absolute atomic E-state index is 8.66. The molecular formula is C19H28Cl2N2O2. The molecule has 0 amide bonds. The quantitative estimate of drug-likeness (QED) is 0.549. The fourth-order valence-corrected chi connectivity index (χ4v) is 2.17. The van der Waals surface area contributed by atoms with Gasteiger partial charge in [-0.15, -0.1) is 24.8 Å². The van der Waals surface area contributed by atoms with Gasteiger partial charge < -0.3 is 20.5 Å². The number of hydrogen-bond acceptors (Lipinski definition) is 4. The lowest BCUT2D eigenvalue weighted by Gasteiger charge is -2.09. The molecule has 2 rings (SSSR count). The third kappa shape index (κ3) is 9.68. The van der Waals surface area contributed by atoms with Crippen molar-refractivity contribution in [3.63, 3.8) is 0 Å². The molecule has 4 nitrogen and oxygen atoms in total. The van der Waals surface area contributed by atoms with E-state index in [0.717, 1.165) is 25.4 Å². The van der Waals surface area contributed by atoms with E-state index in [1.807, 2.05) is 12.1 Å². The van der Waals surface area contributed by atoms with E-state index in [2.05, 4.69) is 54.0 Å². The molecule has 0 atom stereocenters. The van der Waals surface area contributed by atoms with Crippen molar-refractivity contribution in [3.8, 4) is 5.75 Å². The van der Waals surface area contributed by atoms with Crippen LogP contribution in [0.15, 0.2) is 48.5 Å². The van der Waals surface area contributed by atoms with Crippen LogP contribution in [0.4, 0.5) is 0 Å². The number of aliphatic hydroxyl groups is 1. The minimum atomic E-state index is 0. The van der Waals surface area contributed by atoms with Crippen molar-refractivity contribution in [2.75, 3.05) is 26.2 Å². The van der Waals surface area contributed by atoms with Crippen LogP contribution >= 0.6 is 24.8 Å². The molecular weight excluding hydrogens is 359 g/mol. The lowest BCUT2D eigenvalue weighted by molar-refractivity contribution is 0.292. The van der Waals surface area contributed by atoms with Crippen LogP contribution in [0.25, 0.3) is 0 Å². The first-order valence-electron chi connectivity index (χ1n) is 8.07. The molecule has 0 heterocycles. The maximum Gasteiger partial charge on any atom is 0.119 e. The first kappa shape index (κ1) is 23.7. The Bertz CT molecular complexity index is 563. The second-order valence-corrected chi connectivity index (χ2v) is 5.57. The van der Waals surface area contributed by atoms with Crippen LogP contribution in [0.5, 0.6) is 5.75 Å². The zero-order valence-corrected chi connectivity index (χ0v) is 16.2. The molecule has 0 saturated carbocycles. The van der Waals surface area contributed by atoms with Gasteiger partial charge >= 0.3 is 0 Å². The molecule has 0 unspecified atom stereocenters. The summed E-state index contributed by atoms with van der Waals surface area (Å²) >= 11 is 0. The summed E-state index contributed by atoms with van der Waals surface area (Å²) < 4.78 is 5.80. The van der Waals surface area contributed by atoms with Crippen LogP contribution in [0.3, 0.4) is 0 Å². The van der Waals surface area contributed by atoms with E-state index in [-0.39, 0.29) is 31.4 Å². The molecule has 2 aromatic rings. The Hall–Kier alpha value is -1.30. The van der Waals surface area contributed by atoms with Crippen LogP contribution in [0, 0.1) is 6.92 Å². The highest BCUT2D eigenvalue weighted by Crippen LogP contribution is 2.14. The van der Waals surface area contributed by atoms with Gasteiger partial charge in [0.25, 0.3) is 0 Å². The molecule has 0 bridgehead atoms. The number of hydrogen-bond donors (Lipinski definition) is 3. The van der Waals surface area contributed by atoms with Gasteiger partial charge in [0.05, 0.1) is 6.61 Å². The zero-order chi connectivity index (χ0) is 16.3. The zero-order valence-electron chi connectivity index (χ0n) is 14.5. The second-order valence-electron chi connectivity index (χ2n) is 5.57. The van der Waals surface area contributed by atoms with Gasteiger partial charge in [-0.25, -0.2) is 0 Å². The fraction of sp³-hybridized carbons (Fsp3) is 0.368. The SMILES string of the molecule is Cc1ccc(COc2ccc(CNCCNCCO)cc2)cc1.Cl.Cl. The molecule has 0 saturated heterocycles. The third-order valence-electron chi connectivity index (χ3n) is 3.55. The first-order chi connectivity index (χ1) is 11.3. The summed E-state index contributed by atoms with van der Waals surface area (Å²) in [7, 11) is 0. The largest absolute Gasteiger partial charge is 0.489 e. The average Bonchev–Trinajstić information content (AvgIpc) is 2.58. The minimum Gasteiger partial charge on any atom is -0.489 e. The van der Waals surface area contributed by atoms with Gasteiger partial charge in [-0.05, 0) is 30.2 Å². The van der Waals surface area contributed by atoms with Gasteiger partial charge in [0.1, 0.15) is 12.4 Å². The number of aryl methyl sites for hydroxylation is 1. The number of rotatable bonds is 10. The molecule has 0 fully saturated rings. The molecule has 6 heteroatoms. The Kier molecular flexibility index (Phi) is 13.2. The summed E-state index contributed by atoms with van der Waals surface area (Å²) in [6.45, 7) is 6.08. The van der Waals surface area contributed by atoms with E-state index in [1.165, 1.54) is 16.7 Å². The summed E-state index contributed by atoms with van der Waals surface area (Å²) in [6.07, 6.45) is 0. The highest BCUT2D eigenvalue weighted by Gasteiger charge is 1.98. The normalized spacial score (nSPS) is 9.84. The molecule has 0 aliphatic rings. The molecule has 3 N–H and O–H groups in total. The standard InChI is InChI=1S/C19H26N2O2.2ClH/c1-16-2-4-18(5-3-16)15-23-19-8-6-17(7-9-19)14-21-11-10-20-12-13-22;;/h2-9,20-22H,10-15H2,1H3;2*1H. The van der Waals surface area contributed by atoms with Gasteiger partial charge in [-0.3, -0.25) is 0 Å². The third-order valence-corrected chi connectivity index (χ3v) is 3.55. The van der Waals surface area contributed by atoms with E-state index in [4.69, 9.17) is 9.84 Å². The molecule has 0 aliphatic carbocycles. The van der Waals surface area contributed by atoms with Gasteiger partial charge in [0.15, 0.2) is 0 Å². The van der Waals surface area contributed by atoms with Crippen LogP contribution < -0.4 is 15.4 Å². The van der Waals surface area contributed by atoms with Crippen molar-refractivity contribution in [2.45, 2.75) is 20.1 Å². The molecule has 0 spiro atoms. The smallest absolute Gasteiger partial charge is 0.119 e. The van der Waals surface area contributed by atoms with Gasteiger partial charge in [-0.1, -0.05) is 42.0 Å². The van der Waals surface area contributed by atoms with Crippen molar-refractivity contribution in [3.05, 3.63) is 65.2 Å². The first-order valence-corrected chi connectivity index (χ1v) is 8.07. The van der Waals surface area contributed by atoms with Crippen LogP contribution in [-0.2, 0) is 13.2 Å². The Morgan fingerprint density at radius 1 is 0.800 bits per heavy atom. The topological polar surface area (TPSA) is 53.5 Å². The van der Waals surface area contributed by atoms with E-state index in [0.29, 0.717) is 13.2 Å². The summed E-state index contributed by atoms with van der Waals surface area (Å²) in [5.41, 5.74) is 3.67.